The Labute approximate surface area is 685 Å². The monoisotopic (exact) mass is 1630 g/mol. The highest BCUT2D eigenvalue weighted by Crippen LogP contribution is 2.43. The second-order valence-electron chi connectivity index (χ2n) is 34.4. The maximum Gasteiger partial charge on any atom is 0.329 e. The SMILES string of the molecule is C.C.C=CC[C@@H]1/C=C(\C)C[C@H](C)C[C@H](OC)[C@H]2O[C@@](O)(C(=O)C(=O)N3CCCC[C@H]3C(=O)O[C@H](/C(C)=C/[C@@H]3CC[C@@H](O)[C@H](OC)C3)[C@H](C)[C@@H](O)CC1=O)[C@H](C)C[C@@H]2OC.CC[C@@H]1/C=C(\C)C[C@H](C)C[C@H](OC)[C@H]2O[C@@](O)(C(=O)C(=O)N3CCCC[C@H]3C(=O)O[C@H](/C(C)=C/[C@@H]3CC[C@@H](O)[C@H](OC)C3)[C@H](C)[C@@H](O)CC1=O)[C@H](C)C[C@@H]2OC. The summed E-state index contributed by atoms with van der Waals surface area (Å²) >= 11 is 0. The van der Waals surface area contributed by atoms with Gasteiger partial charge in [0.25, 0.3) is 23.4 Å². The largest absolute Gasteiger partial charge is 0.456 e. The molecule has 0 aromatic heterocycles. The number of carbonyl (C=O) groups excluding carboxylic acids is 8. The number of hydrogen-bond donors (Lipinski definition) is 6. The second-order valence-corrected chi connectivity index (χ2v) is 34.4. The predicted molar refractivity (Wildman–Crippen MR) is 434 cm³/mol. The van der Waals surface area contributed by atoms with Crippen LogP contribution in [-0.4, -0.2) is 252 Å². The highest BCUT2D eigenvalue weighted by Gasteiger charge is 2.59. The normalized spacial score (nSPS) is 40.5. The molecule has 0 unspecified atom stereocenters. The summed E-state index contributed by atoms with van der Waals surface area (Å²) in [5.74, 6) is -15.3. The molecule has 6 N–H and O–H groups in total. The zero-order valence-corrected chi connectivity index (χ0v) is 70.5. The smallest absolute Gasteiger partial charge is 0.329 e. The number of esters is 2. The number of aliphatic hydroxyl groups is 6. The van der Waals surface area contributed by atoms with E-state index in [0.717, 1.165) is 11.1 Å². The number of fused-ring (bicyclic) bond motifs is 6. The molecule has 2 aliphatic carbocycles. The van der Waals surface area contributed by atoms with E-state index < -0.39 is 168 Å². The van der Waals surface area contributed by atoms with Crippen molar-refractivity contribution < 1.29 is 116 Å². The molecular weight excluding hydrogens is 1480 g/mol. The first-order valence-corrected chi connectivity index (χ1v) is 41.7. The molecule has 0 aromatic rings. The number of aliphatic hydroxyl groups excluding tert-OH is 4. The molecule has 4 bridgehead atoms. The quantitative estimate of drug-likeness (QED) is 0.0567. The first-order valence-electron chi connectivity index (χ1n) is 41.7. The van der Waals surface area contributed by atoms with Crippen molar-refractivity contribution in [3.63, 3.8) is 0 Å². The summed E-state index contributed by atoms with van der Waals surface area (Å²) in [5, 5.41) is 68.2. The van der Waals surface area contributed by atoms with Gasteiger partial charge in [-0.05, 0) is 191 Å². The molecular formula is C89H146N2O24. The summed E-state index contributed by atoms with van der Waals surface area (Å²) in [7, 11) is 9.24. The van der Waals surface area contributed by atoms with Gasteiger partial charge in [0, 0.05) is 104 Å². The zero-order valence-electron chi connectivity index (χ0n) is 70.5. The van der Waals surface area contributed by atoms with Gasteiger partial charge in [0.1, 0.15) is 48.1 Å². The van der Waals surface area contributed by atoms with E-state index in [1.54, 1.807) is 48.0 Å². The van der Waals surface area contributed by atoms with Gasteiger partial charge < -0.3 is 87.8 Å². The molecule has 8 aliphatic rings. The Kier molecular flexibility index (Phi) is 40.0. The van der Waals surface area contributed by atoms with Gasteiger partial charge >= 0.3 is 11.9 Å². The van der Waals surface area contributed by atoms with Gasteiger partial charge in [0.15, 0.2) is 0 Å². The van der Waals surface area contributed by atoms with E-state index in [1.165, 1.54) is 38.2 Å². The summed E-state index contributed by atoms with van der Waals surface area (Å²) in [4.78, 5) is 115. The molecule has 6 heterocycles. The molecule has 0 aromatic carbocycles. The Morgan fingerprint density at radius 1 is 0.487 bits per heavy atom. The minimum Gasteiger partial charge on any atom is -0.456 e. The van der Waals surface area contributed by atoms with Crippen LogP contribution in [0, 0.1) is 59.2 Å². The van der Waals surface area contributed by atoms with Gasteiger partial charge in [-0.3, -0.25) is 28.8 Å². The number of hydrogen-bond acceptors (Lipinski definition) is 24. The molecule has 2 amide bonds. The van der Waals surface area contributed by atoms with Crippen molar-refractivity contribution >= 4 is 46.9 Å². The molecule has 115 heavy (non-hydrogen) atoms. The number of allylic oxidation sites excluding steroid dienone is 7. The minimum atomic E-state index is -2.51. The van der Waals surface area contributed by atoms with Crippen LogP contribution in [-0.2, 0) is 85.7 Å². The molecule has 8 rings (SSSR count). The lowest BCUT2D eigenvalue weighted by atomic mass is 9.81. The van der Waals surface area contributed by atoms with Crippen LogP contribution in [0.2, 0.25) is 0 Å². The Hall–Kier alpha value is -5.30. The van der Waals surface area contributed by atoms with Gasteiger partial charge in [-0.25, -0.2) is 9.59 Å². The van der Waals surface area contributed by atoms with E-state index in [4.69, 9.17) is 47.4 Å². The van der Waals surface area contributed by atoms with Crippen LogP contribution in [0.15, 0.2) is 59.3 Å². The van der Waals surface area contributed by atoms with E-state index >= 15 is 0 Å². The fourth-order valence-electron chi connectivity index (χ4n) is 18.8. The summed E-state index contributed by atoms with van der Waals surface area (Å²) in [6, 6.07) is -2.27. The van der Waals surface area contributed by atoms with E-state index in [-0.39, 0.29) is 114 Å². The topological polar surface area (TPSA) is 357 Å². The molecule has 0 spiro atoms. The molecule has 6 aliphatic heterocycles. The average Bonchev–Trinajstić information content (AvgIpc) is 0.858. The molecule has 26 heteroatoms. The van der Waals surface area contributed by atoms with E-state index in [2.05, 4.69) is 13.5 Å². The zero-order chi connectivity index (χ0) is 83.7. The Balaban J connectivity index is 0.000000404. The lowest BCUT2D eigenvalue weighted by Crippen LogP contribution is -2.64. The average molecular weight is 1630 g/mol. The number of rotatable bonds is 13. The third-order valence-electron chi connectivity index (χ3n) is 25.8. The van der Waals surface area contributed by atoms with E-state index in [0.29, 0.717) is 114 Å². The minimum absolute atomic E-state index is 0. The van der Waals surface area contributed by atoms with Crippen molar-refractivity contribution in [3.8, 4) is 0 Å². The van der Waals surface area contributed by atoms with Gasteiger partial charge in [-0.2, -0.15) is 0 Å². The molecule has 0 radical (unpaired) electrons. The maximum absolute atomic E-state index is 14.3. The summed E-state index contributed by atoms with van der Waals surface area (Å²) in [5.41, 5.74) is 3.27. The highest BCUT2D eigenvalue weighted by molar-refractivity contribution is 6.39. The number of carbonyl (C=O) groups is 8. The van der Waals surface area contributed by atoms with E-state index in [9.17, 15) is 69.0 Å². The van der Waals surface area contributed by atoms with Crippen LogP contribution in [0.5, 0.6) is 0 Å². The van der Waals surface area contributed by atoms with Crippen molar-refractivity contribution in [2.75, 3.05) is 55.7 Å². The first-order chi connectivity index (χ1) is 53.5. The number of ketones is 4. The van der Waals surface area contributed by atoms with Gasteiger partial charge in [0.2, 0.25) is 11.6 Å². The molecule has 26 nitrogen and oxygen atoms in total. The van der Waals surface area contributed by atoms with Gasteiger partial charge in [0.05, 0.1) is 61.0 Å². The fourth-order valence-corrected chi connectivity index (χ4v) is 18.8. The van der Waals surface area contributed by atoms with Crippen LogP contribution in [0.3, 0.4) is 0 Å². The number of piperidine rings is 2. The Morgan fingerprint density at radius 2 is 0.835 bits per heavy atom. The van der Waals surface area contributed by atoms with Gasteiger partial charge in [-0.1, -0.05) is 105 Å². The lowest BCUT2D eigenvalue weighted by molar-refractivity contribution is -0.302. The highest BCUT2D eigenvalue weighted by atomic mass is 16.7. The van der Waals surface area contributed by atoms with Crippen LogP contribution in [0.1, 0.15) is 232 Å². The van der Waals surface area contributed by atoms with Crippen molar-refractivity contribution in [2.45, 2.75) is 341 Å². The van der Waals surface area contributed by atoms with Gasteiger partial charge in [-0.15, -0.1) is 6.58 Å². The molecule has 4 saturated heterocycles. The van der Waals surface area contributed by atoms with E-state index in [1.807, 2.05) is 65.8 Å². The second kappa shape index (κ2) is 45.9. The number of nitrogens with zero attached hydrogens (tertiary/aromatic N) is 2. The number of ether oxygens (including phenoxy) is 10. The fraction of sp³-hybridized carbons (Fsp3) is 0.798. The van der Waals surface area contributed by atoms with Crippen LogP contribution in [0.4, 0.5) is 0 Å². The third-order valence-corrected chi connectivity index (χ3v) is 25.8. The summed E-state index contributed by atoms with van der Waals surface area (Å²) in [6.45, 7) is 24.4. The standard InChI is InChI=1S/C44H69NO12.C43H69NO12.2CH4/c1-10-13-31-19-25(2)18-26(3)20-37(54-8)40-38(55-9)22-28(5)44(52,57-40)41(49)42(50)45-17-12-11-14-32(45)43(51)56-39(29(6)34(47)24-35(31)48)27(4)21-30-15-16-33(46)36(23-30)53-7;1-10-30-18-24(2)17-25(3)19-36(53-8)39-37(54-9)21-27(5)43(51,56-39)40(48)41(49)44-16-12-11-13-31(44)42(50)55-38(28(6)33(46)23-34(30)47)26(4)20-29-14-15-32(45)35(22-29)52-7;;/h10,19,21,26,28-34,36-40,46-47,52H,1,11-18,20,22-24H2,2-9H3;18,20,25,27-33,35-39,45-46,51H,10-17,19,21-23H2,1-9H3;2*1H4/b25-19+,27-21+;24-18+,26-20+;;/t26-,28+,29+,30-,31+,32-,33+,34-,36+,37-,38-,39+,40+,44+;25-,27+,28+,29-,30+,31-,32+,33-,35+,36-,37-,38+,39+,43+;;/m00../s1. The number of Topliss-reactive ketones (excluding diaryl/α,β-unsaturated/α-hetero) is 4. The number of cyclic esters (lactones) is 2. The number of amides is 2. The Bertz CT molecular complexity index is 3340. The molecule has 6 fully saturated rings. The predicted octanol–water partition coefficient (Wildman–Crippen LogP) is 10.4. The first kappa shape index (κ1) is 100. The lowest BCUT2D eigenvalue weighted by Gasteiger charge is -2.47. The van der Waals surface area contributed by atoms with Crippen molar-refractivity contribution in [1.29, 1.82) is 0 Å². The maximum atomic E-state index is 14.3. The summed E-state index contributed by atoms with van der Waals surface area (Å²) in [6.07, 6.45) is 8.65. The Morgan fingerprint density at radius 3 is 1.18 bits per heavy atom. The molecule has 2 saturated carbocycles. The number of methoxy groups -OCH3 is 6. The van der Waals surface area contributed by atoms with Crippen molar-refractivity contribution in [2.24, 2.45) is 59.2 Å². The molecule has 28 atom stereocenters. The van der Waals surface area contributed by atoms with Crippen molar-refractivity contribution in [3.05, 3.63) is 59.3 Å². The van der Waals surface area contributed by atoms with Crippen LogP contribution in [0.25, 0.3) is 0 Å². The van der Waals surface area contributed by atoms with Crippen molar-refractivity contribution in [1.82, 2.24) is 9.80 Å². The van der Waals surface area contributed by atoms with Crippen LogP contribution >= 0.6 is 0 Å². The molecule has 656 valence electrons. The summed E-state index contributed by atoms with van der Waals surface area (Å²) < 4.78 is 59.5. The van der Waals surface area contributed by atoms with Crippen LogP contribution < -0.4 is 0 Å². The third kappa shape index (κ3) is 25.2.